The third-order valence-corrected chi connectivity index (χ3v) is 2.54. The van der Waals surface area contributed by atoms with Crippen molar-refractivity contribution in [3.63, 3.8) is 0 Å². The lowest BCUT2D eigenvalue weighted by Gasteiger charge is -2.10. The number of ether oxygens (including phenoxy) is 2. The van der Waals surface area contributed by atoms with Gasteiger partial charge >= 0.3 is 11.9 Å². The zero-order chi connectivity index (χ0) is 16.9. The van der Waals surface area contributed by atoms with Gasteiger partial charge in [0, 0.05) is 0 Å². The molecule has 1 atom stereocenters. The van der Waals surface area contributed by atoms with Crippen molar-refractivity contribution in [1.82, 2.24) is 0 Å². The molecule has 8 heteroatoms. The summed E-state index contributed by atoms with van der Waals surface area (Å²) in [7, 11) is 0. The van der Waals surface area contributed by atoms with Crippen LogP contribution in [0.1, 0.15) is 16.8 Å². The Kier molecular flexibility index (Phi) is 9.57. The van der Waals surface area contributed by atoms with E-state index in [-0.39, 0.29) is 45.0 Å². The van der Waals surface area contributed by atoms with E-state index in [1.54, 1.807) is 18.2 Å². The van der Waals surface area contributed by atoms with E-state index in [1.807, 2.05) is 0 Å². The van der Waals surface area contributed by atoms with Crippen molar-refractivity contribution in [2.45, 2.75) is 12.5 Å². The van der Waals surface area contributed by atoms with E-state index in [9.17, 15) is 14.7 Å². The number of rotatable bonds is 10. The number of aliphatic hydroxyl groups is 2. The van der Waals surface area contributed by atoms with Gasteiger partial charge in [0.15, 0.2) is 0 Å². The highest BCUT2D eigenvalue weighted by Crippen LogP contribution is 2.03. The van der Waals surface area contributed by atoms with E-state index in [0.29, 0.717) is 0 Å². The zero-order valence-corrected chi connectivity index (χ0v) is 12.6. The van der Waals surface area contributed by atoms with Crippen molar-refractivity contribution in [3.8, 4) is 0 Å². The maximum Gasteiger partial charge on any atom is 0.386 e. The van der Waals surface area contributed by atoms with Crippen molar-refractivity contribution in [1.29, 1.82) is 0 Å². The van der Waals surface area contributed by atoms with Crippen LogP contribution in [0.15, 0.2) is 30.3 Å². The molecule has 1 unspecified atom stereocenters. The fourth-order valence-electron chi connectivity index (χ4n) is 1.50. The molecule has 0 heterocycles. The Morgan fingerprint density at radius 1 is 1.00 bits per heavy atom. The average molecular weight is 328 g/mol. The lowest BCUT2D eigenvalue weighted by atomic mass is 10.2. The molecule has 0 aliphatic rings. The number of hydrogen-bond donors (Lipinski definition) is 2. The van der Waals surface area contributed by atoms with Crippen LogP contribution in [-0.4, -0.2) is 61.3 Å². The second-order valence-electron chi connectivity index (χ2n) is 4.46. The molecule has 0 aliphatic carbocycles. The van der Waals surface area contributed by atoms with E-state index in [4.69, 9.17) is 14.6 Å². The van der Waals surface area contributed by atoms with Crippen LogP contribution in [0.2, 0.25) is 0 Å². The van der Waals surface area contributed by atoms with Gasteiger partial charge in [-0.15, -0.1) is 0 Å². The predicted molar refractivity (Wildman–Crippen MR) is 77.3 cm³/mol. The van der Waals surface area contributed by atoms with E-state index in [2.05, 4.69) is 9.78 Å². The monoisotopic (exact) mass is 328 g/mol. The van der Waals surface area contributed by atoms with Crippen molar-refractivity contribution < 1.29 is 39.1 Å². The summed E-state index contributed by atoms with van der Waals surface area (Å²) in [6.45, 7) is 0.535. The zero-order valence-electron chi connectivity index (χ0n) is 12.6. The fourth-order valence-corrected chi connectivity index (χ4v) is 1.50. The number of carbonyl (C=O) groups is 2. The Morgan fingerprint density at radius 3 is 2.39 bits per heavy atom. The maximum absolute atomic E-state index is 11.5. The summed E-state index contributed by atoms with van der Waals surface area (Å²) in [4.78, 5) is 31.6. The summed E-state index contributed by atoms with van der Waals surface area (Å²) < 4.78 is 10.0. The molecular weight excluding hydrogens is 308 g/mol. The molecule has 0 saturated heterocycles. The number of carbonyl (C=O) groups excluding carboxylic acids is 2. The third kappa shape index (κ3) is 8.89. The van der Waals surface area contributed by atoms with Crippen LogP contribution >= 0.6 is 0 Å². The molecule has 0 fully saturated rings. The van der Waals surface area contributed by atoms with Gasteiger partial charge in [-0.3, -0.25) is 0 Å². The highest BCUT2D eigenvalue weighted by molar-refractivity contribution is 5.89. The minimum atomic E-state index is -1.09. The third-order valence-electron chi connectivity index (χ3n) is 2.54. The molecule has 23 heavy (non-hydrogen) atoms. The summed E-state index contributed by atoms with van der Waals surface area (Å²) >= 11 is 0. The minimum absolute atomic E-state index is 0.0732. The Bertz CT molecular complexity index is 462. The molecule has 0 bridgehead atoms. The van der Waals surface area contributed by atoms with Crippen molar-refractivity contribution in [2.75, 3.05) is 33.0 Å². The standard InChI is InChI=1S/C15H20O8/c16-6-7-20-8-9-21-11-13(17)10-14(18)22-23-15(19)12-4-2-1-3-5-12/h1-5,13,16-17H,6-11H2. The number of hydrogen-bond acceptors (Lipinski definition) is 8. The normalized spacial score (nSPS) is 11.7. The smallest absolute Gasteiger partial charge is 0.386 e. The summed E-state index contributed by atoms with van der Waals surface area (Å²) in [5.74, 6) is -1.69. The van der Waals surface area contributed by atoms with E-state index >= 15 is 0 Å². The lowest BCUT2D eigenvalue weighted by molar-refractivity contribution is -0.236. The average Bonchev–Trinajstić information content (AvgIpc) is 2.56. The maximum atomic E-state index is 11.5. The van der Waals surface area contributed by atoms with Crippen LogP contribution in [0.5, 0.6) is 0 Å². The van der Waals surface area contributed by atoms with E-state index in [1.165, 1.54) is 12.1 Å². The van der Waals surface area contributed by atoms with Gasteiger partial charge in [0.25, 0.3) is 0 Å². The van der Waals surface area contributed by atoms with Crippen LogP contribution in [0.25, 0.3) is 0 Å². The summed E-state index contributed by atoms with van der Waals surface area (Å²) in [5.41, 5.74) is 0.243. The van der Waals surface area contributed by atoms with Crippen LogP contribution in [0.4, 0.5) is 0 Å². The second-order valence-corrected chi connectivity index (χ2v) is 4.46. The molecule has 0 aliphatic heterocycles. The Morgan fingerprint density at radius 2 is 1.70 bits per heavy atom. The quantitative estimate of drug-likeness (QED) is 0.353. The molecule has 0 saturated carbocycles. The Labute approximate surface area is 133 Å². The van der Waals surface area contributed by atoms with E-state index in [0.717, 1.165) is 0 Å². The minimum Gasteiger partial charge on any atom is -0.394 e. The predicted octanol–water partition coefficient (Wildman–Crippen LogP) is 0.0781. The summed E-state index contributed by atoms with van der Waals surface area (Å²) in [6.07, 6.45) is -1.46. The first-order chi connectivity index (χ1) is 11.1. The van der Waals surface area contributed by atoms with Crippen LogP contribution in [0, 0.1) is 0 Å². The van der Waals surface area contributed by atoms with Crippen LogP contribution in [-0.2, 0) is 24.0 Å². The number of benzene rings is 1. The van der Waals surface area contributed by atoms with Gasteiger partial charge in [-0.1, -0.05) is 18.2 Å². The Balaban J connectivity index is 2.12. The molecule has 0 aromatic heterocycles. The first-order valence-corrected chi connectivity index (χ1v) is 7.04. The fraction of sp³-hybridized carbons (Fsp3) is 0.467. The highest BCUT2D eigenvalue weighted by Gasteiger charge is 2.16. The molecule has 2 N–H and O–H groups in total. The molecule has 1 aromatic carbocycles. The summed E-state index contributed by atoms with van der Waals surface area (Å²) in [5, 5.41) is 18.0. The van der Waals surface area contributed by atoms with Gasteiger partial charge in [0.05, 0.1) is 51.1 Å². The van der Waals surface area contributed by atoms with Gasteiger partial charge in [-0.25, -0.2) is 19.4 Å². The largest absolute Gasteiger partial charge is 0.394 e. The number of aliphatic hydroxyl groups excluding tert-OH is 2. The second kappa shape index (κ2) is 11.6. The summed E-state index contributed by atoms with van der Waals surface area (Å²) in [6, 6.07) is 8.04. The van der Waals surface area contributed by atoms with Crippen molar-refractivity contribution in [2.24, 2.45) is 0 Å². The van der Waals surface area contributed by atoms with Gasteiger partial charge < -0.3 is 19.7 Å². The first-order valence-electron chi connectivity index (χ1n) is 7.04. The molecule has 8 nitrogen and oxygen atoms in total. The van der Waals surface area contributed by atoms with Gasteiger partial charge in [-0.2, -0.15) is 0 Å². The van der Waals surface area contributed by atoms with Crippen LogP contribution < -0.4 is 0 Å². The molecular formula is C15H20O8. The molecule has 128 valence electrons. The molecule has 1 aromatic rings. The topological polar surface area (TPSA) is 112 Å². The molecule has 0 spiro atoms. The van der Waals surface area contributed by atoms with Crippen LogP contribution in [0.3, 0.4) is 0 Å². The highest BCUT2D eigenvalue weighted by atomic mass is 17.2. The first kappa shape index (κ1) is 19.0. The Hall–Kier alpha value is -2.00. The molecule has 0 radical (unpaired) electrons. The van der Waals surface area contributed by atoms with Gasteiger partial charge in [0.1, 0.15) is 0 Å². The SMILES string of the molecule is O=C(CC(O)COCCOCCO)OOC(=O)c1ccccc1. The van der Waals surface area contributed by atoms with E-state index < -0.39 is 18.0 Å². The lowest BCUT2D eigenvalue weighted by Crippen LogP contribution is -2.23. The molecule has 1 rings (SSSR count). The molecule has 0 amide bonds. The van der Waals surface area contributed by atoms with Gasteiger partial charge in [0.2, 0.25) is 0 Å². The van der Waals surface area contributed by atoms with Gasteiger partial charge in [-0.05, 0) is 12.1 Å². The van der Waals surface area contributed by atoms with Crippen molar-refractivity contribution >= 4 is 11.9 Å². The van der Waals surface area contributed by atoms with Crippen molar-refractivity contribution in [3.05, 3.63) is 35.9 Å².